The molecule has 0 bridgehead atoms. The first-order valence-electron chi connectivity index (χ1n) is 4.28. The van der Waals surface area contributed by atoms with Crippen LogP contribution in [0.3, 0.4) is 0 Å². The van der Waals surface area contributed by atoms with Gasteiger partial charge in [-0.05, 0) is 19.1 Å². The highest BCUT2D eigenvalue weighted by Gasteiger charge is 2.33. The molecule has 3 nitrogen and oxygen atoms in total. The predicted molar refractivity (Wildman–Crippen MR) is 49.2 cm³/mol. The van der Waals surface area contributed by atoms with Gasteiger partial charge in [0, 0.05) is 0 Å². The van der Waals surface area contributed by atoms with Crippen molar-refractivity contribution in [2.24, 2.45) is 0 Å². The molecule has 1 aromatic rings. The fraction of sp³-hybridized carbons (Fsp3) is 0.300. The van der Waals surface area contributed by atoms with Crippen LogP contribution < -0.4 is 4.74 Å². The zero-order valence-corrected chi connectivity index (χ0v) is 8.59. The minimum atomic E-state index is -4.84. The summed E-state index contributed by atoms with van der Waals surface area (Å²) in [5.41, 5.74) is 0.384. The maximum Gasteiger partial charge on any atom is 0.573 e. The number of ether oxygens (including phenoxy) is 2. The minimum absolute atomic E-state index is 0.250. The standard InChI is InChI=1S/C10H9F3O3/c1-6-3-4-8(16-10(11,12)13)7(5-6)9(14)15-2/h3-5H,1-2H3. The molecule has 0 heterocycles. The Kier molecular flexibility index (Phi) is 3.41. The van der Waals surface area contributed by atoms with Crippen LogP contribution in [0, 0.1) is 6.92 Å². The molecular formula is C10H9F3O3. The number of hydrogen-bond acceptors (Lipinski definition) is 3. The lowest BCUT2D eigenvalue weighted by atomic mass is 10.1. The summed E-state index contributed by atoms with van der Waals surface area (Å²) in [5, 5.41) is 0. The average molecular weight is 234 g/mol. The maximum absolute atomic E-state index is 12.0. The number of hydrogen-bond donors (Lipinski definition) is 0. The van der Waals surface area contributed by atoms with Gasteiger partial charge < -0.3 is 9.47 Å². The van der Waals surface area contributed by atoms with Crippen molar-refractivity contribution in [1.29, 1.82) is 0 Å². The quantitative estimate of drug-likeness (QED) is 0.738. The van der Waals surface area contributed by atoms with E-state index in [0.717, 1.165) is 13.2 Å². The minimum Gasteiger partial charge on any atom is -0.465 e. The van der Waals surface area contributed by atoms with Crippen LogP contribution in [-0.4, -0.2) is 19.4 Å². The van der Waals surface area contributed by atoms with E-state index in [-0.39, 0.29) is 5.56 Å². The highest BCUT2D eigenvalue weighted by molar-refractivity contribution is 5.92. The molecule has 0 saturated heterocycles. The first-order chi connectivity index (χ1) is 7.33. The van der Waals surface area contributed by atoms with Crippen molar-refractivity contribution in [3.8, 4) is 5.75 Å². The van der Waals surface area contributed by atoms with E-state index in [4.69, 9.17) is 0 Å². The Morgan fingerprint density at radius 2 is 1.94 bits per heavy atom. The fourth-order valence-electron chi connectivity index (χ4n) is 1.13. The second kappa shape index (κ2) is 4.42. The smallest absolute Gasteiger partial charge is 0.465 e. The van der Waals surface area contributed by atoms with Gasteiger partial charge >= 0.3 is 12.3 Å². The molecule has 88 valence electrons. The Labute approximate surface area is 89.8 Å². The maximum atomic E-state index is 12.0. The van der Waals surface area contributed by atoms with Crippen molar-refractivity contribution < 1.29 is 27.4 Å². The second-order valence-electron chi connectivity index (χ2n) is 3.04. The highest BCUT2D eigenvalue weighted by Crippen LogP contribution is 2.27. The van der Waals surface area contributed by atoms with E-state index in [0.29, 0.717) is 5.56 Å². The summed E-state index contributed by atoms with van der Waals surface area (Å²) in [6.07, 6.45) is -4.84. The Morgan fingerprint density at radius 3 is 2.44 bits per heavy atom. The van der Waals surface area contributed by atoms with E-state index in [9.17, 15) is 18.0 Å². The van der Waals surface area contributed by atoms with Gasteiger partial charge in [-0.1, -0.05) is 11.6 Å². The van der Waals surface area contributed by atoms with Gasteiger partial charge in [-0.3, -0.25) is 0 Å². The molecule has 0 aliphatic carbocycles. The lowest BCUT2D eigenvalue weighted by Gasteiger charge is -2.12. The number of aryl methyl sites for hydroxylation is 1. The normalized spacial score (nSPS) is 11.1. The molecule has 6 heteroatoms. The summed E-state index contributed by atoms with van der Waals surface area (Å²) >= 11 is 0. The number of benzene rings is 1. The van der Waals surface area contributed by atoms with Crippen LogP contribution in [0.2, 0.25) is 0 Å². The number of alkyl halides is 3. The van der Waals surface area contributed by atoms with Gasteiger partial charge in [0.05, 0.1) is 7.11 Å². The SMILES string of the molecule is COC(=O)c1cc(C)ccc1OC(F)(F)F. The van der Waals surface area contributed by atoms with E-state index >= 15 is 0 Å². The number of methoxy groups -OCH3 is 1. The van der Waals surface area contributed by atoms with E-state index in [1.165, 1.54) is 12.1 Å². The van der Waals surface area contributed by atoms with Crippen LogP contribution >= 0.6 is 0 Å². The van der Waals surface area contributed by atoms with E-state index in [1.807, 2.05) is 0 Å². The molecule has 0 N–H and O–H groups in total. The van der Waals surface area contributed by atoms with Crippen LogP contribution in [0.4, 0.5) is 13.2 Å². The second-order valence-corrected chi connectivity index (χ2v) is 3.04. The van der Waals surface area contributed by atoms with Crippen molar-refractivity contribution >= 4 is 5.97 Å². The van der Waals surface area contributed by atoms with Crippen LogP contribution in [0.15, 0.2) is 18.2 Å². The third kappa shape index (κ3) is 3.15. The van der Waals surface area contributed by atoms with Gasteiger partial charge in [0.25, 0.3) is 0 Å². The van der Waals surface area contributed by atoms with Crippen LogP contribution in [0.1, 0.15) is 15.9 Å². The molecule has 0 fully saturated rings. The average Bonchev–Trinajstić information content (AvgIpc) is 2.17. The van der Waals surface area contributed by atoms with Crippen LogP contribution in [0.25, 0.3) is 0 Å². The third-order valence-electron chi connectivity index (χ3n) is 1.77. The monoisotopic (exact) mass is 234 g/mol. The topological polar surface area (TPSA) is 35.5 Å². The molecular weight excluding hydrogens is 225 g/mol. The summed E-state index contributed by atoms with van der Waals surface area (Å²) in [7, 11) is 1.09. The zero-order valence-electron chi connectivity index (χ0n) is 8.59. The zero-order chi connectivity index (χ0) is 12.3. The lowest BCUT2D eigenvalue weighted by Crippen LogP contribution is -2.19. The largest absolute Gasteiger partial charge is 0.573 e. The Bertz CT molecular complexity index is 399. The van der Waals surface area contributed by atoms with Gasteiger partial charge in [-0.15, -0.1) is 13.2 Å². The first-order valence-corrected chi connectivity index (χ1v) is 4.28. The van der Waals surface area contributed by atoms with Crippen molar-refractivity contribution in [2.75, 3.05) is 7.11 Å². The molecule has 0 saturated carbocycles. The molecule has 0 amide bonds. The molecule has 0 aromatic heterocycles. The van der Waals surface area contributed by atoms with Crippen molar-refractivity contribution in [3.05, 3.63) is 29.3 Å². The summed E-state index contributed by atoms with van der Waals surface area (Å²) in [6.45, 7) is 1.64. The number of carbonyl (C=O) groups excluding carboxylic acids is 1. The summed E-state index contributed by atoms with van der Waals surface area (Å²) in [5.74, 6) is -1.44. The molecule has 0 aliphatic rings. The van der Waals surface area contributed by atoms with E-state index in [2.05, 4.69) is 9.47 Å². The van der Waals surface area contributed by atoms with E-state index in [1.54, 1.807) is 6.92 Å². The van der Waals surface area contributed by atoms with Crippen molar-refractivity contribution in [2.45, 2.75) is 13.3 Å². The number of rotatable bonds is 2. The Balaban J connectivity index is 3.13. The fourth-order valence-corrected chi connectivity index (χ4v) is 1.13. The molecule has 0 radical (unpaired) electrons. The van der Waals surface area contributed by atoms with Crippen LogP contribution in [-0.2, 0) is 4.74 Å². The Morgan fingerprint density at radius 1 is 1.31 bits per heavy atom. The highest BCUT2D eigenvalue weighted by atomic mass is 19.4. The van der Waals surface area contributed by atoms with Gasteiger partial charge in [0.15, 0.2) is 0 Å². The molecule has 0 spiro atoms. The van der Waals surface area contributed by atoms with Crippen molar-refractivity contribution in [1.82, 2.24) is 0 Å². The first kappa shape index (κ1) is 12.4. The third-order valence-corrected chi connectivity index (χ3v) is 1.77. The van der Waals surface area contributed by atoms with Gasteiger partial charge in [0.1, 0.15) is 11.3 Å². The van der Waals surface area contributed by atoms with Gasteiger partial charge in [-0.25, -0.2) is 4.79 Å². The molecule has 1 rings (SSSR count). The Hall–Kier alpha value is -1.72. The molecule has 0 unspecified atom stereocenters. The number of carbonyl (C=O) groups is 1. The van der Waals surface area contributed by atoms with Crippen LogP contribution in [0.5, 0.6) is 5.75 Å². The summed E-state index contributed by atoms with van der Waals surface area (Å²) in [4.78, 5) is 11.2. The number of halogens is 3. The summed E-state index contributed by atoms with van der Waals surface area (Å²) in [6, 6.07) is 3.76. The lowest BCUT2D eigenvalue weighted by molar-refractivity contribution is -0.274. The van der Waals surface area contributed by atoms with Gasteiger partial charge in [-0.2, -0.15) is 0 Å². The van der Waals surface area contributed by atoms with Crippen molar-refractivity contribution in [3.63, 3.8) is 0 Å². The molecule has 0 atom stereocenters. The van der Waals surface area contributed by atoms with E-state index < -0.39 is 18.1 Å². The van der Waals surface area contributed by atoms with Gasteiger partial charge in [0.2, 0.25) is 0 Å². The summed E-state index contributed by atoms with van der Waals surface area (Å²) < 4.78 is 44.1. The number of esters is 1. The molecule has 1 aromatic carbocycles. The predicted octanol–water partition coefficient (Wildman–Crippen LogP) is 2.68. The molecule has 0 aliphatic heterocycles. The molecule has 16 heavy (non-hydrogen) atoms.